The summed E-state index contributed by atoms with van der Waals surface area (Å²) in [6.45, 7) is 3.66. The number of amides is 2. The average molecular weight is 448 g/mol. The van der Waals surface area contributed by atoms with Gasteiger partial charge in [-0.1, -0.05) is 43.2 Å². The molecule has 1 fully saturated rings. The third-order valence-electron chi connectivity index (χ3n) is 5.94. The number of pyridine rings is 1. The number of benzene rings is 1. The first-order valence-corrected chi connectivity index (χ1v) is 11.4. The Morgan fingerprint density at radius 2 is 1.58 bits per heavy atom. The van der Waals surface area contributed by atoms with Crippen LogP contribution in [0.5, 0.6) is 0 Å². The lowest BCUT2D eigenvalue weighted by Crippen LogP contribution is -2.38. The van der Waals surface area contributed by atoms with Crippen LogP contribution in [-0.4, -0.2) is 22.4 Å². The van der Waals surface area contributed by atoms with Gasteiger partial charge in [0.25, 0.3) is 11.8 Å². The molecule has 1 atom stereocenters. The second-order valence-electron chi connectivity index (χ2n) is 8.76. The van der Waals surface area contributed by atoms with Crippen molar-refractivity contribution in [3.05, 3.63) is 93.8 Å². The molecular formula is C26H29N3O4. The molecule has 172 valence electrons. The minimum Gasteiger partial charge on any atom is -0.467 e. The minimum absolute atomic E-state index is 0.0162. The van der Waals surface area contributed by atoms with Gasteiger partial charge in [0.1, 0.15) is 22.9 Å². The number of furan rings is 1. The van der Waals surface area contributed by atoms with E-state index in [2.05, 4.69) is 10.6 Å². The monoisotopic (exact) mass is 447 g/mol. The van der Waals surface area contributed by atoms with Crippen molar-refractivity contribution in [1.29, 1.82) is 0 Å². The number of aromatic nitrogens is 1. The fourth-order valence-corrected chi connectivity index (χ4v) is 4.30. The number of hydrogen-bond donors (Lipinski definition) is 2. The van der Waals surface area contributed by atoms with Crippen molar-refractivity contribution in [1.82, 2.24) is 15.2 Å². The summed E-state index contributed by atoms with van der Waals surface area (Å²) in [7, 11) is 0. The quantitative estimate of drug-likeness (QED) is 0.567. The maximum Gasteiger partial charge on any atom is 0.257 e. The van der Waals surface area contributed by atoms with Crippen LogP contribution >= 0.6 is 0 Å². The van der Waals surface area contributed by atoms with Crippen LogP contribution in [0.25, 0.3) is 0 Å². The zero-order valence-corrected chi connectivity index (χ0v) is 18.9. The van der Waals surface area contributed by atoms with Crippen LogP contribution in [0.1, 0.15) is 83.7 Å². The molecule has 0 bridgehead atoms. The first-order chi connectivity index (χ1) is 15.9. The van der Waals surface area contributed by atoms with E-state index in [0.29, 0.717) is 5.76 Å². The van der Waals surface area contributed by atoms with Crippen LogP contribution in [-0.2, 0) is 0 Å². The van der Waals surface area contributed by atoms with Crippen molar-refractivity contribution in [3.8, 4) is 0 Å². The van der Waals surface area contributed by atoms with E-state index in [1.165, 1.54) is 0 Å². The van der Waals surface area contributed by atoms with Crippen LogP contribution < -0.4 is 16.1 Å². The highest BCUT2D eigenvalue weighted by atomic mass is 16.3. The Labute approximate surface area is 192 Å². The second kappa shape index (κ2) is 9.90. The molecule has 1 unspecified atom stereocenters. The van der Waals surface area contributed by atoms with Gasteiger partial charge >= 0.3 is 0 Å². The molecule has 33 heavy (non-hydrogen) atoms. The number of nitrogens with zero attached hydrogens (tertiary/aromatic N) is 1. The molecule has 0 saturated heterocycles. The van der Waals surface area contributed by atoms with E-state index in [-0.39, 0.29) is 23.2 Å². The first kappa shape index (κ1) is 22.6. The van der Waals surface area contributed by atoms with E-state index >= 15 is 0 Å². The van der Waals surface area contributed by atoms with Gasteiger partial charge in [-0.15, -0.1) is 0 Å². The number of carbonyl (C=O) groups excluding carboxylic acids is 2. The predicted octanol–water partition coefficient (Wildman–Crippen LogP) is 4.21. The molecule has 2 N–H and O–H groups in total. The minimum atomic E-state index is -0.578. The lowest BCUT2D eigenvalue weighted by molar-refractivity contribution is 0.0936. The molecule has 1 aliphatic rings. The molecule has 7 nitrogen and oxygen atoms in total. The van der Waals surface area contributed by atoms with Crippen LogP contribution in [0.2, 0.25) is 0 Å². The SMILES string of the molecule is CC(C)NC(=O)c1cn(C2CCCC2)cc(C(=O)NC(c2ccccc2)c2ccco2)c1=O. The topological polar surface area (TPSA) is 93.3 Å². The Balaban J connectivity index is 1.73. The zero-order chi connectivity index (χ0) is 23.4. The molecule has 2 aromatic heterocycles. The lowest BCUT2D eigenvalue weighted by atomic mass is 10.0. The first-order valence-electron chi connectivity index (χ1n) is 11.4. The van der Waals surface area contributed by atoms with Gasteiger partial charge in [-0.05, 0) is 44.4 Å². The van der Waals surface area contributed by atoms with Gasteiger partial charge in [-0.25, -0.2) is 0 Å². The largest absolute Gasteiger partial charge is 0.467 e. The van der Waals surface area contributed by atoms with Gasteiger partial charge < -0.3 is 19.6 Å². The van der Waals surface area contributed by atoms with Gasteiger partial charge in [0.15, 0.2) is 0 Å². The summed E-state index contributed by atoms with van der Waals surface area (Å²) in [4.78, 5) is 39.4. The summed E-state index contributed by atoms with van der Waals surface area (Å²) >= 11 is 0. The molecule has 1 saturated carbocycles. The van der Waals surface area contributed by atoms with E-state index in [9.17, 15) is 14.4 Å². The number of nitrogens with one attached hydrogen (secondary N) is 2. The molecule has 1 aromatic carbocycles. The lowest BCUT2D eigenvalue weighted by Gasteiger charge is -2.20. The van der Waals surface area contributed by atoms with Gasteiger partial charge in [-0.3, -0.25) is 14.4 Å². The Hall–Kier alpha value is -3.61. The highest BCUT2D eigenvalue weighted by Gasteiger charge is 2.26. The molecule has 0 spiro atoms. The molecule has 0 aliphatic heterocycles. The summed E-state index contributed by atoms with van der Waals surface area (Å²) < 4.78 is 7.43. The van der Waals surface area contributed by atoms with Crippen LogP contribution in [0.15, 0.2) is 70.3 Å². The zero-order valence-electron chi connectivity index (χ0n) is 18.9. The van der Waals surface area contributed by atoms with Crippen molar-refractivity contribution in [3.63, 3.8) is 0 Å². The number of carbonyl (C=O) groups is 2. The maximum atomic E-state index is 13.4. The standard InChI is InChI=1S/C26H29N3O4/c1-17(2)27-25(31)20-15-29(19-11-6-7-12-19)16-21(24(20)30)26(32)28-23(22-13-8-14-33-22)18-9-4-3-5-10-18/h3-5,8-10,13-17,19,23H,6-7,11-12H2,1-2H3,(H,27,31)(H,28,32). The highest BCUT2D eigenvalue weighted by molar-refractivity contribution is 5.99. The molecule has 0 radical (unpaired) electrons. The van der Waals surface area contributed by atoms with Gasteiger partial charge in [0.2, 0.25) is 5.43 Å². The molecular weight excluding hydrogens is 418 g/mol. The Bertz CT molecular complexity index is 1160. The van der Waals surface area contributed by atoms with Gasteiger partial charge in [-0.2, -0.15) is 0 Å². The van der Waals surface area contributed by atoms with Crippen molar-refractivity contribution < 1.29 is 14.0 Å². The highest BCUT2D eigenvalue weighted by Crippen LogP contribution is 2.29. The summed E-state index contributed by atoms with van der Waals surface area (Å²) in [5, 5.41) is 5.71. The van der Waals surface area contributed by atoms with E-state index in [0.717, 1.165) is 31.2 Å². The van der Waals surface area contributed by atoms with Crippen molar-refractivity contribution in [2.24, 2.45) is 0 Å². The molecule has 3 aromatic rings. The van der Waals surface area contributed by atoms with Crippen molar-refractivity contribution in [2.45, 2.75) is 57.7 Å². The fourth-order valence-electron chi connectivity index (χ4n) is 4.30. The van der Waals surface area contributed by atoms with Gasteiger partial charge in [0.05, 0.1) is 6.26 Å². The summed E-state index contributed by atoms with van der Waals surface area (Å²) in [6, 6.07) is 12.4. The third-order valence-corrected chi connectivity index (χ3v) is 5.94. The van der Waals surface area contributed by atoms with E-state index in [4.69, 9.17) is 4.42 Å². The molecule has 1 aliphatic carbocycles. The smallest absolute Gasteiger partial charge is 0.257 e. The molecule has 7 heteroatoms. The molecule has 2 heterocycles. The fraction of sp³-hybridized carbons (Fsp3) is 0.346. The van der Waals surface area contributed by atoms with Crippen LogP contribution in [0.3, 0.4) is 0 Å². The molecule has 2 amide bonds. The predicted molar refractivity (Wildman–Crippen MR) is 125 cm³/mol. The Kier molecular flexibility index (Phi) is 6.77. The third kappa shape index (κ3) is 5.08. The number of rotatable bonds is 7. The van der Waals surface area contributed by atoms with Crippen LogP contribution in [0.4, 0.5) is 0 Å². The normalized spacial score (nSPS) is 14.9. The van der Waals surface area contributed by atoms with Crippen molar-refractivity contribution >= 4 is 11.8 Å². The average Bonchev–Trinajstić information content (AvgIpc) is 3.52. The molecule has 4 rings (SSSR count). The van der Waals surface area contributed by atoms with E-state index in [1.54, 1.807) is 30.8 Å². The van der Waals surface area contributed by atoms with Gasteiger partial charge in [0, 0.05) is 24.5 Å². The second-order valence-corrected chi connectivity index (χ2v) is 8.76. The summed E-state index contributed by atoms with van der Waals surface area (Å²) in [6.07, 6.45) is 8.79. The number of hydrogen-bond acceptors (Lipinski definition) is 4. The van der Waals surface area contributed by atoms with Crippen LogP contribution in [0, 0.1) is 0 Å². The Morgan fingerprint density at radius 3 is 2.15 bits per heavy atom. The van der Waals surface area contributed by atoms with E-state index in [1.807, 2.05) is 48.7 Å². The van der Waals surface area contributed by atoms with E-state index < -0.39 is 23.3 Å². The summed E-state index contributed by atoms with van der Waals surface area (Å²) in [5.74, 6) is -0.461. The Morgan fingerprint density at radius 1 is 0.939 bits per heavy atom. The van der Waals surface area contributed by atoms with Crippen molar-refractivity contribution in [2.75, 3.05) is 0 Å². The maximum absolute atomic E-state index is 13.4. The summed E-state index contributed by atoms with van der Waals surface area (Å²) in [5.41, 5.74) is 0.181.